The second kappa shape index (κ2) is 5.95. The van der Waals surface area contributed by atoms with Crippen LogP contribution >= 0.6 is 0 Å². The van der Waals surface area contributed by atoms with E-state index in [1.165, 1.54) is 12.1 Å². The van der Waals surface area contributed by atoms with Crippen LogP contribution in [0.3, 0.4) is 0 Å². The maximum absolute atomic E-state index is 12.8. The van der Waals surface area contributed by atoms with Gasteiger partial charge in [0.1, 0.15) is 5.82 Å². The zero-order valence-electron chi connectivity index (χ0n) is 11.1. The Morgan fingerprint density at radius 1 is 1.37 bits per heavy atom. The Kier molecular flexibility index (Phi) is 4.29. The first kappa shape index (κ1) is 13.7. The van der Waals surface area contributed by atoms with Crippen LogP contribution in [0, 0.1) is 5.82 Å². The standard InChI is InChI=1S/C14H18FN3O/c1-17(8-11-7-16-18(2)9-11)10-14(19)12-3-5-13(15)6-4-12/h3-7,9,14,19H,8,10H2,1-2H3. The van der Waals surface area contributed by atoms with E-state index in [1.807, 2.05) is 25.2 Å². The van der Waals surface area contributed by atoms with Gasteiger partial charge in [-0.05, 0) is 24.7 Å². The largest absolute Gasteiger partial charge is 0.387 e. The van der Waals surface area contributed by atoms with Crippen LogP contribution in [0.5, 0.6) is 0 Å². The normalized spacial score (nSPS) is 12.9. The van der Waals surface area contributed by atoms with Gasteiger partial charge < -0.3 is 5.11 Å². The van der Waals surface area contributed by atoms with Gasteiger partial charge in [-0.1, -0.05) is 12.1 Å². The predicted octanol–water partition coefficient (Wildman–Crippen LogP) is 1.72. The highest BCUT2D eigenvalue weighted by Crippen LogP contribution is 2.15. The number of aliphatic hydroxyl groups is 1. The van der Waals surface area contributed by atoms with E-state index in [2.05, 4.69) is 5.10 Å². The van der Waals surface area contributed by atoms with Crippen molar-refractivity contribution in [1.82, 2.24) is 14.7 Å². The molecule has 1 aromatic carbocycles. The van der Waals surface area contributed by atoms with Crippen molar-refractivity contribution in [2.24, 2.45) is 7.05 Å². The summed E-state index contributed by atoms with van der Waals surface area (Å²) in [4.78, 5) is 2.00. The molecule has 0 aliphatic heterocycles. The zero-order chi connectivity index (χ0) is 13.8. The van der Waals surface area contributed by atoms with Gasteiger partial charge in [-0.25, -0.2) is 4.39 Å². The van der Waals surface area contributed by atoms with E-state index in [1.54, 1.807) is 23.0 Å². The van der Waals surface area contributed by atoms with Crippen LogP contribution in [-0.4, -0.2) is 33.4 Å². The Morgan fingerprint density at radius 2 is 2.05 bits per heavy atom. The lowest BCUT2D eigenvalue weighted by Crippen LogP contribution is -2.24. The minimum atomic E-state index is -0.623. The summed E-state index contributed by atoms with van der Waals surface area (Å²) in [5, 5.41) is 14.2. The molecule has 102 valence electrons. The van der Waals surface area contributed by atoms with E-state index in [4.69, 9.17) is 0 Å². The first-order valence-electron chi connectivity index (χ1n) is 6.14. The number of benzene rings is 1. The molecule has 0 saturated heterocycles. The third kappa shape index (κ3) is 3.87. The van der Waals surface area contributed by atoms with Gasteiger partial charge in [0.2, 0.25) is 0 Å². The number of aryl methyl sites for hydroxylation is 1. The molecule has 1 atom stereocenters. The Hall–Kier alpha value is -1.72. The molecular weight excluding hydrogens is 245 g/mol. The fourth-order valence-electron chi connectivity index (χ4n) is 2.02. The highest BCUT2D eigenvalue weighted by molar-refractivity contribution is 5.18. The number of nitrogens with zero attached hydrogens (tertiary/aromatic N) is 3. The van der Waals surface area contributed by atoms with Gasteiger partial charge in [-0.3, -0.25) is 9.58 Å². The molecule has 0 bridgehead atoms. The van der Waals surface area contributed by atoms with Crippen LogP contribution in [0.1, 0.15) is 17.2 Å². The second-order valence-electron chi connectivity index (χ2n) is 4.79. The molecule has 0 aliphatic carbocycles. The molecular formula is C14H18FN3O. The zero-order valence-corrected chi connectivity index (χ0v) is 11.1. The van der Waals surface area contributed by atoms with E-state index in [0.29, 0.717) is 13.1 Å². The fourth-order valence-corrected chi connectivity index (χ4v) is 2.02. The molecule has 4 nitrogen and oxygen atoms in total. The van der Waals surface area contributed by atoms with Gasteiger partial charge in [-0.15, -0.1) is 0 Å². The average Bonchev–Trinajstić information content (AvgIpc) is 2.75. The van der Waals surface area contributed by atoms with E-state index in [-0.39, 0.29) is 5.82 Å². The number of aliphatic hydroxyl groups excluding tert-OH is 1. The van der Waals surface area contributed by atoms with Crippen LogP contribution in [-0.2, 0) is 13.6 Å². The molecule has 0 spiro atoms. The summed E-state index contributed by atoms with van der Waals surface area (Å²) in [5.41, 5.74) is 1.82. The molecule has 1 heterocycles. The summed E-state index contributed by atoms with van der Waals surface area (Å²) in [6.07, 6.45) is 3.13. The summed E-state index contributed by atoms with van der Waals surface area (Å²) in [7, 11) is 3.80. The predicted molar refractivity (Wildman–Crippen MR) is 70.9 cm³/mol. The first-order chi connectivity index (χ1) is 9.04. The van der Waals surface area contributed by atoms with Crippen molar-refractivity contribution in [2.45, 2.75) is 12.6 Å². The molecule has 1 unspecified atom stereocenters. The van der Waals surface area contributed by atoms with Crippen molar-refractivity contribution in [3.8, 4) is 0 Å². The number of hydrogen-bond donors (Lipinski definition) is 1. The molecule has 0 fully saturated rings. The molecule has 0 aliphatic rings. The van der Waals surface area contributed by atoms with Crippen molar-refractivity contribution in [3.63, 3.8) is 0 Å². The van der Waals surface area contributed by atoms with Crippen LogP contribution in [0.25, 0.3) is 0 Å². The van der Waals surface area contributed by atoms with Gasteiger partial charge in [0.25, 0.3) is 0 Å². The maximum Gasteiger partial charge on any atom is 0.123 e. The summed E-state index contributed by atoms with van der Waals surface area (Å²) in [6.45, 7) is 1.20. The van der Waals surface area contributed by atoms with Crippen molar-refractivity contribution < 1.29 is 9.50 Å². The molecule has 5 heteroatoms. The van der Waals surface area contributed by atoms with E-state index < -0.39 is 6.10 Å². The van der Waals surface area contributed by atoms with Crippen LogP contribution in [0.4, 0.5) is 4.39 Å². The van der Waals surface area contributed by atoms with E-state index >= 15 is 0 Å². The quantitative estimate of drug-likeness (QED) is 0.893. The van der Waals surface area contributed by atoms with E-state index in [0.717, 1.165) is 11.1 Å². The number of likely N-dealkylation sites (N-methyl/N-ethyl adjacent to an activating group) is 1. The maximum atomic E-state index is 12.8. The minimum absolute atomic E-state index is 0.292. The lowest BCUT2D eigenvalue weighted by atomic mass is 10.1. The number of halogens is 1. The number of aromatic nitrogens is 2. The molecule has 0 amide bonds. The third-order valence-electron chi connectivity index (χ3n) is 2.95. The minimum Gasteiger partial charge on any atom is -0.387 e. The first-order valence-corrected chi connectivity index (χ1v) is 6.14. The Bertz CT molecular complexity index is 524. The van der Waals surface area contributed by atoms with Crippen molar-refractivity contribution in [1.29, 1.82) is 0 Å². The van der Waals surface area contributed by atoms with Gasteiger partial charge in [0.05, 0.1) is 12.3 Å². The van der Waals surface area contributed by atoms with Crippen LogP contribution in [0.2, 0.25) is 0 Å². The number of hydrogen-bond acceptors (Lipinski definition) is 3. The van der Waals surface area contributed by atoms with Gasteiger partial charge in [0, 0.05) is 31.9 Å². The highest BCUT2D eigenvalue weighted by Gasteiger charge is 2.11. The second-order valence-corrected chi connectivity index (χ2v) is 4.79. The summed E-state index contributed by atoms with van der Waals surface area (Å²) in [6, 6.07) is 5.94. The molecule has 1 N–H and O–H groups in total. The monoisotopic (exact) mass is 263 g/mol. The molecule has 2 rings (SSSR count). The average molecular weight is 263 g/mol. The molecule has 0 saturated carbocycles. The highest BCUT2D eigenvalue weighted by atomic mass is 19.1. The van der Waals surface area contributed by atoms with Crippen molar-refractivity contribution >= 4 is 0 Å². The SMILES string of the molecule is CN(Cc1cnn(C)c1)CC(O)c1ccc(F)cc1. The van der Waals surface area contributed by atoms with E-state index in [9.17, 15) is 9.50 Å². The summed E-state index contributed by atoms with van der Waals surface area (Å²) < 4.78 is 14.6. The van der Waals surface area contributed by atoms with Crippen molar-refractivity contribution in [2.75, 3.05) is 13.6 Å². The Labute approximate surface area is 112 Å². The number of rotatable bonds is 5. The molecule has 19 heavy (non-hydrogen) atoms. The Morgan fingerprint density at radius 3 is 2.63 bits per heavy atom. The van der Waals surface area contributed by atoms with Crippen LogP contribution < -0.4 is 0 Å². The topological polar surface area (TPSA) is 41.3 Å². The van der Waals surface area contributed by atoms with Gasteiger partial charge >= 0.3 is 0 Å². The summed E-state index contributed by atoms with van der Waals surface area (Å²) in [5.74, 6) is -0.292. The van der Waals surface area contributed by atoms with Crippen molar-refractivity contribution in [3.05, 3.63) is 53.6 Å². The Balaban J connectivity index is 1.91. The summed E-state index contributed by atoms with van der Waals surface area (Å²) >= 11 is 0. The molecule has 1 aromatic heterocycles. The lowest BCUT2D eigenvalue weighted by Gasteiger charge is -2.20. The van der Waals surface area contributed by atoms with Crippen LogP contribution in [0.15, 0.2) is 36.7 Å². The smallest absolute Gasteiger partial charge is 0.123 e. The van der Waals surface area contributed by atoms with Gasteiger partial charge in [-0.2, -0.15) is 5.10 Å². The molecule has 0 radical (unpaired) electrons. The fraction of sp³-hybridized carbons (Fsp3) is 0.357. The molecule has 2 aromatic rings. The lowest BCUT2D eigenvalue weighted by molar-refractivity contribution is 0.124. The van der Waals surface area contributed by atoms with Gasteiger partial charge in [0.15, 0.2) is 0 Å². The third-order valence-corrected chi connectivity index (χ3v) is 2.95.